The van der Waals surface area contributed by atoms with Crippen LogP contribution in [0.1, 0.15) is 46.1 Å². The molecule has 1 saturated heterocycles. The molecule has 2 aliphatic rings. The van der Waals surface area contributed by atoms with Gasteiger partial charge in [-0.25, -0.2) is 8.42 Å². The van der Waals surface area contributed by atoms with Crippen LogP contribution in [0.2, 0.25) is 5.02 Å². The molecular weight excluding hydrogens is 440 g/mol. The van der Waals surface area contributed by atoms with Gasteiger partial charge in [0.15, 0.2) is 9.84 Å². The van der Waals surface area contributed by atoms with Crippen molar-refractivity contribution in [1.82, 2.24) is 9.88 Å². The van der Waals surface area contributed by atoms with Crippen molar-refractivity contribution in [2.24, 2.45) is 0 Å². The number of fused-ring (bicyclic) bond motifs is 3. The number of benzene rings is 1. The Labute approximate surface area is 184 Å². The fraction of sp³-hybridized carbons (Fsp3) is 0.273. The second-order valence-corrected chi connectivity index (χ2v) is 11.1. The van der Waals surface area contributed by atoms with Gasteiger partial charge >= 0.3 is 0 Å². The van der Waals surface area contributed by atoms with Crippen molar-refractivity contribution in [2.75, 3.05) is 6.54 Å². The number of piperidine rings is 1. The van der Waals surface area contributed by atoms with Crippen LogP contribution < -0.4 is 0 Å². The van der Waals surface area contributed by atoms with E-state index in [1.807, 2.05) is 23.2 Å². The molecule has 0 aliphatic carbocycles. The van der Waals surface area contributed by atoms with Gasteiger partial charge in [0.25, 0.3) is 5.91 Å². The number of carbonyl (C=O) groups excluding carboxylic acids is 1. The molecule has 30 heavy (non-hydrogen) atoms. The van der Waals surface area contributed by atoms with Gasteiger partial charge in [0, 0.05) is 34.4 Å². The van der Waals surface area contributed by atoms with Gasteiger partial charge < -0.3 is 4.90 Å². The van der Waals surface area contributed by atoms with Crippen LogP contribution in [-0.2, 0) is 15.6 Å². The first-order chi connectivity index (χ1) is 14.4. The number of likely N-dealkylation sites (tertiary alicyclic amines) is 1. The van der Waals surface area contributed by atoms with Crippen LogP contribution in [0.15, 0.2) is 53.7 Å². The lowest BCUT2D eigenvalue weighted by molar-refractivity contribution is 0.0616. The fourth-order valence-electron chi connectivity index (χ4n) is 4.33. The molecule has 1 fully saturated rings. The first-order valence-corrected chi connectivity index (χ1v) is 12.6. The Hall–Kier alpha value is -2.22. The minimum Gasteiger partial charge on any atom is -0.331 e. The Morgan fingerprint density at radius 3 is 2.87 bits per heavy atom. The van der Waals surface area contributed by atoms with E-state index in [1.165, 1.54) is 17.4 Å². The van der Waals surface area contributed by atoms with Crippen molar-refractivity contribution >= 4 is 38.7 Å². The average Bonchev–Trinajstić information content (AvgIpc) is 3.17. The molecular formula is C22H19ClN2O3S2. The van der Waals surface area contributed by atoms with Crippen molar-refractivity contribution < 1.29 is 13.2 Å². The van der Waals surface area contributed by atoms with Crippen molar-refractivity contribution in [3.05, 3.63) is 69.8 Å². The monoisotopic (exact) mass is 458 g/mol. The Balaban J connectivity index is 1.54. The van der Waals surface area contributed by atoms with Gasteiger partial charge in [-0.05, 0) is 54.7 Å². The minimum absolute atomic E-state index is 0.00564. The number of aromatic nitrogens is 1. The summed E-state index contributed by atoms with van der Waals surface area (Å²) >= 11 is 7.40. The highest BCUT2D eigenvalue weighted by molar-refractivity contribution is 7.91. The lowest BCUT2D eigenvalue weighted by Gasteiger charge is -2.35. The summed E-state index contributed by atoms with van der Waals surface area (Å²) < 4.78 is 25.5. The zero-order valence-corrected chi connectivity index (χ0v) is 18.4. The normalized spacial score (nSPS) is 19.8. The molecule has 0 saturated carbocycles. The number of sulfone groups is 1. The molecule has 0 radical (unpaired) electrons. The molecule has 5 nitrogen and oxygen atoms in total. The number of amides is 1. The maximum absolute atomic E-state index is 13.5. The van der Waals surface area contributed by atoms with E-state index < -0.39 is 9.84 Å². The van der Waals surface area contributed by atoms with Crippen molar-refractivity contribution in [3.8, 4) is 10.4 Å². The van der Waals surface area contributed by atoms with Gasteiger partial charge in [0.2, 0.25) is 0 Å². The number of nitrogens with zero attached hydrogens (tertiary/aromatic N) is 2. The highest BCUT2D eigenvalue weighted by Gasteiger charge is 2.34. The van der Waals surface area contributed by atoms with Crippen LogP contribution in [0.4, 0.5) is 0 Å². The zero-order valence-electron chi connectivity index (χ0n) is 16.0. The van der Waals surface area contributed by atoms with Crippen molar-refractivity contribution in [1.29, 1.82) is 0 Å². The van der Waals surface area contributed by atoms with E-state index >= 15 is 0 Å². The minimum atomic E-state index is -3.48. The molecule has 0 bridgehead atoms. The topological polar surface area (TPSA) is 67.3 Å². The summed E-state index contributed by atoms with van der Waals surface area (Å²) in [5.74, 6) is -0.151. The second kappa shape index (κ2) is 7.48. The number of rotatable bonds is 2. The van der Waals surface area contributed by atoms with E-state index in [2.05, 4.69) is 4.98 Å². The zero-order chi connectivity index (χ0) is 20.9. The number of carbonyl (C=O) groups is 1. The van der Waals surface area contributed by atoms with E-state index in [0.29, 0.717) is 27.6 Å². The van der Waals surface area contributed by atoms with Gasteiger partial charge in [-0.15, -0.1) is 11.3 Å². The molecule has 5 rings (SSSR count). The molecule has 8 heteroatoms. The molecule has 1 amide bonds. The molecule has 2 aromatic heterocycles. The third-order valence-corrected chi connectivity index (χ3v) is 8.85. The van der Waals surface area contributed by atoms with Gasteiger partial charge in [0.05, 0.1) is 21.6 Å². The first kappa shape index (κ1) is 19.7. The van der Waals surface area contributed by atoms with Crippen LogP contribution in [-0.4, -0.2) is 30.8 Å². The Morgan fingerprint density at radius 1 is 1.20 bits per heavy atom. The summed E-state index contributed by atoms with van der Waals surface area (Å²) in [7, 11) is -3.48. The molecule has 1 aromatic carbocycles. The molecule has 2 aliphatic heterocycles. The van der Waals surface area contributed by atoms with Crippen LogP contribution in [0.25, 0.3) is 10.4 Å². The third-order valence-electron chi connectivity index (χ3n) is 5.72. The van der Waals surface area contributed by atoms with Gasteiger partial charge in [0.1, 0.15) is 0 Å². The highest BCUT2D eigenvalue weighted by atomic mass is 35.5. The Morgan fingerprint density at radius 2 is 2.07 bits per heavy atom. The fourth-order valence-corrected chi connectivity index (χ4v) is 7.50. The number of hydrogen-bond donors (Lipinski definition) is 0. The molecule has 0 N–H and O–H groups in total. The Bertz CT molecular complexity index is 1240. The SMILES string of the molecule is O=C(c1cc2c(s1)-c1ccc(Cl)cc1S(=O)(=O)C2)N1CCCCC1c1cccnc1. The van der Waals surface area contributed by atoms with Crippen LogP contribution in [0, 0.1) is 0 Å². The summed E-state index contributed by atoms with van der Waals surface area (Å²) in [5.41, 5.74) is 2.36. The van der Waals surface area contributed by atoms with Crippen LogP contribution in [0.3, 0.4) is 0 Å². The molecule has 4 heterocycles. The Kier molecular flexibility index (Phi) is 4.92. The van der Waals surface area contributed by atoms with Crippen LogP contribution in [0.5, 0.6) is 0 Å². The standard InChI is InChI=1S/C22H19ClN2O3S2/c23-16-6-7-17-20(11-16)30(27,28)13-15-10-19(29-21(15)17)22(26)25-9-2-1-5-18(25)14-4-3-8-24-12-14/h3-4,6-8,10-12,18H,1-2,5,9,13H2. The smallest absolute Gasteiger partial charge is 0.264 e. The highest BCUT2D eigenvalue weighted by Crippen LogP contribution is 2.44. The quantitative estimate of drug-likeness (QED) is 0.534. The van der Waals surface area contributed by atoms with E-state index in [0.717, 1.165) is 29.7 Å². The maximum atomic E-state index is 13.5. The summed E-state index contributed by atoms with van der Waals surface area (Å²) in [6.07, 6.45) is 6.48. The van der Waals surface area contributed by atoms with Gasteiger partial charge in [-0.2, -0.15) is 0 Å². The van der Waals surface area contributed by atoms with E-state index in [-0.39, 0.29) is 22.6 Å². The summed E-state index contributed by atoms with van der Waals surface area (Å²) in [4.78, 5) is 21.3. The van der Waals surface area contributed by atoms with E-state index in [1.54, 1.807) is 24.4 Å². The summed E-state index contributed by atoms with van der Waals surface area (Å²) in [5, 5.41) is 0.390. The molecule has 3 aromatic rings. The lowest BCUT2D eigenvalue weighted by Crippen LogP contribution is -2.38. The number of thiophene rings is 1. The lowest BCUT2D eigenvalue weighted by atomic mass is 9.96. The summed E-state index contributed by atoms with van der Waals surface area (Å²) in [6, 6.07) is 10.6. The molecule has 1 atom stereocenters. The van der Waals surface area contributed by atoms with E-state index in [4.69, 9.17) is 11.6 Å². The largest absolute Gasteiger partial charge is 0.331 e. The third kappa shape index (κ3) is 3.35. The van der Waals surface area contributed by atoms with E-state index in [9.17, 15) is 13.2 Å². The van der Waals surface area contributed by atoms with Gasteiger partial charge in [-0.1, -0.05) is 23.7 Å². The first-order valence-electron chi connectivity index (χ1n) is 9.80. The maximum Gasteiger partial charge on any atom is 0.264 e. The van der Waals surface area contributed by atoms with Crippen molar-refractivity contribution in [2.45, 2.75) is 36.0 Å². The number of halogens is 1. The molecule has 154 valence electrons. The number of pyridine rings is 1. The predicted octanol–water partition coefficient (Wildman–Crippen LogP) is 5.12. The molecule has 1 unspecified atom stereocenters. The number of hydrogen-bond acceptors (Lipinski definition) is 5. The average molecular weight is 459 g/mol. The molecule has 0 spiro atoms. The van der Waals surface area contributed by atoms with Gasteiger partial charge in [-0.3, -0.25) is 9.78 Å². The van der Waals surface area contributed by atoms with Crippen LogP contribution >= 0.6 is 22.9 Å². The summed E-state index contributed by atoms with van der Waals surface area (Å²) in [6.45, 7) is 0.686. The van der Waals surface area contributed by atoms with Crippen molar-refractivity contribution in [3.63, 3.8) is 0 Å². The predicted molar refractivity (Wildman–Crippen MR) is 118 cm³/mol. The second-order valence-electron chi connectivity index (χ2n) is 7.66.